The maximum absolute atomic E-state index is 13.1. The Balaban J connectivity index is 1.35. The molecule has 1 unspecified atom stereocenters. The van der Waals surface area contributed by atoms with E-state index in [2.05, 4.69) is 36.4 Å². The minimum Gasteiger partial charge on any atom is -0.508 e. The highest BCUT2D eigenvalue weighted by molar-refractivity contribution is 5.79. The lowest BCUT2D eigenvalue weighted by atomic mass is 9.95. The van der Waals surface area contributed by atoms with Gasteiger partial charge in [-0.05, 0) is 59.2 Å². The monoisotopic (exact) mass is 399 g/mol. The summed E-state index contributed by atoms with van der Waals surface area (Å²) in [7, 11) is 0. The lowest BCUT2D eigenvalue weighted by Gasteiger charge is -2.35. The molecule has 0 spiro atoms. The fourth-order valence-electron chi connectivity index (χ4n) is 4.91. The molecule has 1 heterocycles. The van der Waals surface area contributed by atoms with Gasteiger partial charge in [-0.1, -0.05) is 60.7 Å². The maximum Gasteiger partial charge on any atom is 0.410 e. The zero-order valence-electron chi connectivity index (χ0n) is 16.8. The number of fused-ring (bicyclic) bond motifs is 3. The summed E-state index contributed by atoms with van der Waals surface area (Å²) in [5.41, 5.74) is 5.85. The van der Waals surface area contributed by atoms with E-state index in [1.165, 1.54) is 22.3 Å². The Labute approximate surface area is 176 Å². The van der Waals surface area contributed by atoms with E-state index in [1.807, 2.05) is 29.2 Å². The average molecular weight is 399 g/mol. The first-order chi connectivity index (χ1) is 14.7. The van der Waals surface area contributed by atoms with Gasteiger partial charge in [0.15, 0.2) is 0 Å². The van der Waals surface area contributed by atoms with Crippen molar-refractivity contribution in [2.24, 2.45) is 0 Å². The van der Waals surface area contributed by atoms with E-state index in [4.69, 9.17) is 4.74 Å². The Bertz CT molecular complexity index is 1030. The topological polar surface area (TPSA) is 49.8 Å². The lowest BCUT2D eigenvalue weighted by molar-refractivity contribution is 0.0710. The molecule has 0 bridgehead atoms. The highest BCUT2D eigenvalue weighted by Crippen LogP contribution is 2.44. The summed E-state index contributed by atoms with van der Waals surface area (Å²) < 4.78 is 5.89. The van der Waals surface area contributed by atoms with Gasteiger partial charge in [-0.2, -0.15) is 0 Å². The predicted octanol–water partition coefficient (Wildman–Crippen LogP) is 5.87. The van der Waals surface area contributed by atoms with Crippen LogP contribution in [0.15, 0.2) is 72.8 Å². The van der Waals surface area contributed by atoms with Crippen LogP contribution in [0, 0.1) is 0 Å². The summed E-state index contributed by atoms with van der Waals surface area (Å²) >= 11 is 0. The number of carbonyl (C=O) groups excluding carboxylic acids is 1. The molecule has 0 saturated carbocycles. The van der Waals surface area contributed by atoms with E-state index in [9.17, 15) is 9.90 Å². The number of ether oxygens (including phenoxy) is 1. The first-order valence-electron chi connectivity index (χ1n) is 10.6. The highest BCUT2D eigenvalue weighted by atomic mass is 16.6. The number of rotatable bonds is 3. The van der Waals surface area contributed by atoms with Gasteiger partial charge in [-0.15, -0.1) is 0 Å². The number of piperidine rings is 1. The van der Waals surface area contributed by atoms with Crippen molar-refractivity contribution in [3.05, 3.63) is 89.5 Å². The zero-order chi connectivity index (χ0) is 20.5. The van der Waals surface area contributed by atoms with Gasteiger partial charge in [0.2, 0.25) is 0 Å². The minimum absolute atomic E-state index is 0.0542. The molecule has 2 aliphatic rings. The third kappa shape index (κ3) is 3.32. The lowest BCUT2D eigenvalue weighted by Crippen LogP contribution is -2.39. The number of likely N-dealkylation sites (tertiary alicyclic amines) is 1. The molecule has 3 aromatic carbocycles. The predicted molar refractivity (Wildman–Crippen MR) is 116 cm³/mol. The van der Waals surface area contributed by atoms with Crippen LogP contribution in [0.1, 0.15) is 47.9 Å². The molecule has 3 aromatic rings. The summed E-state index contributed by atoms with van der Waals surface area (Å²) in [6.45, 7) is 1.01. The van der Waals surface area contributed by atoms with Gasteiger partial charge in [-0.3, -0.25) is 0 Å². The second-order valence-electron chi connectivity index (χ2n) is 8.10. The molecule has 30 heavy (non-hydrogen) atoms. The van der Waals surface area contributed by atoms with Crippen LogP contribution in [-0.4, -0.2) is 29.3 Å². The van der Waals surface area contributed by atoms with Crippen molar-refractivity contribution in [3.8, 4) is 16.9 Å². The Morgan fingerprint density at radius 3 is 2.33 bits per heavy atom. The Hall–Kier alpha value is -3.27. The van der Waals surface area contributed by atoms with Gasteiger partial charge in [0.05, 0.1) is 6.04 Å². The van der Waals surface area contributed by atoms with Crippen molar-refractivity contribution in [1.29, 1.82) is 0 Å². The van der Waals surface area contributed by atoms with Crippen LogP contribution >= 0.6 is 0 Å². The Morgan fingerprint density at radius 1 is 0.933 bits per heavy atom. The minimum atomic E-state index is -0.273. The van der Waals surface area contributed by atoms with Crippen molar-refractivity contribution >= 4 is 6.09 Å². The molecule has 4 heteroatoms. The van der Waals surface area contributed by atoms with Crippen LogP contribution < -0.4 is 0 Å². The second kappa shape index (κ2) is 7.86. The molecular formula is C26H25NO3. The largest absolute Gasteiger partial charge is 0.508 e. The maximum atomic E-state index is 13.1. The van der Waals surface area contributed by atoms with E-state index in [0.29, 0.717) is 13.2 Å². The van der Waals surface area contributed by atoms with Crippen LogP contribution in [0.25, 0.3) is 11.1 Å². The summed E-state index contributed by atoms with van der Waals surface area (Å²) in [5, 5.41) is 9.87. The van der Waals surface area contributed by atoms with E-state index < -0.39 is 0 Å². The molecule has 1 aliphatic heterocycles. The van der Waals surface area contributed by atoms with Crippen molar-refractivity contribution in [3.63, 3.8) is 0 Å². The molecule has 0 radical (unpaired) electrons. The first kappa shape index (κ1) is 18.7. The molecule has 1 atom stereocenters. The number of phenolic OH excluding ortho intramolecular Hbond substituents is 1. The molecule has 4 nitrogen and oxygen atoms in total. The third-order valence-electron chi connectivity index (χ3n) is 6.33. The van der Waals surface area contributed by atoms with Crippen LogP contribution in [0.2, 0.25) is 0 Å². The molecule has 152 valence electrons. The molecule has 5 rings (SSSR count). The number of nitrogens with zero attached hydrogens (tertiary/aromatic N) is 1. The van der Waals surface area contributed by atoms with Gasteiger partial charge in [0.1, 0.15) is 12.4 Å². The second-order valence-corrected chi connectivity index (χ2v) is 8.10. The van der Waals surface area contributed by atoms with Gasteiger partial charge in [-0.25, -0.2) is 4.79 Å². The van der Waals surface area contributed by atoms with E-state index in [-0.39, 0.29) is 23.8 Å². The van der Waals surface area contributed by atoms with Crippen LogP contribution in [0.3, 0.4) is 0 Å². The average Bonchev–Trinajstić information content (AvgIpc) is 3.11. The molecular weight excluding hydrogens is 374 g/mol. The number of benzene rings is 3. The fraction of sp³-hybridized carbons (Fsp3) is 0.269. The summed E-state index contributed by atoms with van der Waals surface area (Å²) in [5.74, 6) is 0.288. The van der Waals surface area contributed by atoms with Crippen LogP contribution in [0.4, 0.5) is 4.79 Å². The molecule has 1 fully saturated rings. The smallest absolute Gasteiger partial charge is 0.410 e. The first-order valence-corrected chi connectivity index (χ1v) is 10.6. The number of phenols is 1. The molecule has 1 saturated heterocycles. The summed E-state index contributed by atoms with van der Waals surface area (Å²) in [6, 6.07) is 23.9. The van der Waals surface area contributed by atoms with Crippen molar-refractivity contribution in [1.82, 2.24) is 4.90 Å². The Kier molecular flexibility index (Phi) is 4.91. The number of aromatic hydroxyl groups is 1. The van der Waals surface area contributed by atoms with Crippen LogP contribution in [-0.2, 0) is 4.74 Å². The standard InChI is InChI=1S/C26H25NO3/c28-19-9-7-8-18(16-19)25-14-5-6-15-27(25)26(29)30-17-24-22-12-3-1-10-20(22)21-11-2-4-13-23(21)24/h1-4,7-13,16,24-25,28H,5-6,14-15,17H2. The van der Waals surface area contributed by atoms with Gasteiger partial charge in [0, 0.05) is 12.5 Å². The number of amides is 1. The quantitative estimate of drug-likeness (QED) is 0.599. The molecule has 0 aromatic heterocycles. The Morgan fingerprint density at radius 2 is 1.63 bits per heavy atom. The van der Waals surface area contributed by atoms with Gasteiger partial charge in [0.25, 0.3) is 0 Å². The number of hydrogen-bond donors (Lipinski definition) is 1. The fourth-order valence-corrected chi connectivity index (χ4v) is 4.91. The van der Waals surface area contributed by atoms with Crippen LogP contribution in [0.5, 0.6) is 5.75 Å². The summed E-state index contributed by atoms with van der Waals surface area (Å²) in [6.07, 6.45) is 2.64. The normalized spacial score (nSPS) is 18.0. The number of carbonyl (C=O) groups is 1. The SMILES string of the molecule is O=C(OCC1c2ccccc2-c2ccccc21)N1CCCCC1c1cccc(O)c1. The number of hydrogen-bond acceptors (Lipinski definition) is 3. The molecule has 1 aliphatic carbocycles. The molecule has 1 amide bonds. The van der Waals surface area contributed by atoms with E-state index in [0.717, 1.165) is 24.8 Å². The van der Waals surface area contributed by atoms with Gasteiger partial charge >= 0.3 is 6.09 Å². The van der Waals surface area contributed by atoms with E-state index in [1.54, 1.807) is 12.1 Å². The zero-order valence-corrected chi connectivity index (χ0v) is 16.8. The van der Waals surface area contributed by atoms with Gasteiger partial charge < -0.3 is 14.7 Å². The van der Waals surface area contributed by atoms with Crippen molar-refractivity contribution < 1.29 is 14.6 Å². The van der Waals surface area contributed by atoms with Crippen molar-refractivity contribution in [2.45, 2.75) is 31.2 Å². The third-order valence-corrected chi connectivity index (χ3v) is 6.33. The summed E-state index contributed by atoms with van der Waals surface area (Å²) in [4.78, 5) is 14.9. The van der Waals surface area contributed by atoms with Crippen molar-refractivity contribution in [2.75, 3.05) is 13.2 Å². The highest BCUT2D eigenvalue weighted by Gasteiger charge is 2.32. The molecule has 1 N–H and O–H groups in total. The van der Waals surface area contributed by atoms with E-state index >= 15 is 0 Å².